The lowest BCUT2D eigenvalue weighted by molar-refractivity contribution is 0.254. The van der Waals surface area contributed by atoms with Crippen molar-refractivity contribution in [3.8, 4) is 22.9 Å². The van der Waals surface area contributed by atoms with Gasteiger partial charge < -0.3 is 15.4 Å². The van der Waals surface area contributed by atoms with Crippen molar-refractivity contribution in [2.24, 2.45) is 0 Å². The normalized spacial score (nSPS) is 17.0. The molecule has 5 aromatic rings. The third kappa shape index (κ3) is 6.61. The maximum atomic E-state index is 15.1. The molecule has 3 aromatic heterocycles. The number of benzene rings is 2. The number of hydrogen-bond acceptors (Lipinski definition) is 10. The molecule has 3 N–H and O–H groups in total. The molecule has 10 nitrogen and oxygen atoms in total. The van der Waals surface area contributed by atoms with Gasteiger partial charge in [-0.15, -0.1) is 11.3 Å². The Morgan fingerprint density at radius 3 is 2.68 bits per heavy atom. The molecule has 0 unspecified atom stereocenters. The Kier molecular flexibility index (Phi) is 8.38. The van der Waals surface area contributed by atoms with Crippen LogP contribution in [0.3, 0.4) is 0 Å². The number of ether oxygens (including phenoxy) is 1. The van der Waals surface area contributed by atoms with E-state index in [0.29, 0.717) is 58.9 Å². The van der Waals surface area contributed by atoms with E-state index in [2.05, 4.69) is 35.3 Å². The summed E-state index contributed by atoms with van der Waals surface area (Å²) in [5.41, 5.74) is 2.03. The lowest BCUT2D eigenvalue weighted by Gasteiger charge is -2.26. The second kappa shape index (κ2) is 12.4. The molecule has 0 aliphatic carbocycles. The van der Waals surface area contributed by atoms with Crippen LogP contribution >= 0.6 is 11.3 Å². The van der Waals surface area contributed by atoms with Crippen LogP contribution in [0.15, 0.2) is 60.2 Å². The molecule has 1 aliphatic rings. The molecule has 0 spiro atoms. The number of thiazole rings is 1. The van der Waals surface area contributed by atoms with Gasteiger partial charge in [-0.05, 0) is 49.7 Å². The largest absolute Gasteiger partial charge is 0.437 e. The van der Waals surface area contributed by atoms with E-state index in [-0.39, 0.29) is 23.4 Å². The van der Waals surface area contributed by atoms with Crippen LogP contribution in [0.4, 0.5) is 20.4 Å². The Balaban J connectivity index is 1.32. The van der Waals surface area contributed by atoms with E-state index in [9.17, 15) is 12.8 Å². The topological polar surface area (TPSA) is 131 Å². The number of alkyl halides is 1. The van der Waals surface area contributed by atoms with E-state index in [0.717, 1.165) is 10.6 Å². The minimum atomic E-state index is -3.97. The van der Waals surface area contributed by atoms with Gasteiger partial charge in [-0.25, -0.2) is 37.1 Å². The average molecular weight is 638 g/mol. The van der Waals surface area contributed by atoms with Gasteiger partial charge in [-0.2, -0.15) is 0 Å². The fourth-order valence-corrected chi connectivity index (χ4v) is 6.93. The molecule has 6 rings (SSSR count). The zero-order chi connectivity index (χ0) is 30.8. The first-order valence-corrected chi connectivity index (χ1v) is 16.4. The maximum absolute atomic E-state index is 15.1. The number of piperidine rings is 1. The fraction of sp³-hybridized carbons (Fsp3) is 0.267. The quantitative estimate of drug-likeness (QED) is 0.185. The van der Waals surface area contributed by atoms with Crippen LogP contribution in [0.5, 0.6) is 11.6 Å². The summed E-state index contributed by atoms with van der Waals surface area (Å²) in [6.07, 6.45) is 2.58. The fourth-order valence-electron chi connectivity index (χ4n) is 5.08. The second-order valence-corrected chi connectivity index (χ2v) is 13.3. The molecular weight excluding hydrogens is 609 g/mol. The van der Waals surface area contributed by atoms with Crippen LogP contribution < -0.4 is 20.1 Å². The molecule has 0 saturated carbocycles. The molecule has 2 aromatic carbocycles. The Bertz CT molecular complexity index is 1940. The van der Waals surface area contributed by atoms with E-state index in [1.54, 1.807) is 61.1 Å². The average Bonchev–Trinajstić information content (AvgIpc) is 3.39. The summed E-state index contributed by atoms with van der Waals surface area (Å²) in [4.78, 5) is 17.6. The molecule has 228 valence electrons. The highest BCUT2D eigenvalue weighted by atomic mass is 32.2. The summed E-state index contributed by atoms with van der Waals surface area (Å²) in [6.45, 7) is 4.54. The number of aryl methyl sites for hydroxylation is 2. The van der Waals surface area contributed by atoms with Gasteiger partial charge in [-0.3, -0.25) is 4.72 Å². The highest BCUT2D eigenvalue weighted by molar-refractivity contribution is 7.91. The predicted molar refractivity (Wildman–Crippen MR) is 167 cm³/mol. The van der Waals surface area contributed by atoms with Crippen molar-refractivity contribution in [2.45, 2.75) is 38.2 Å². The standard InChI is InChI=1S/C30H29F2N7O3S2/c1-17-5-6-22-23(7-8-25(32)27(22)39-44(40,41)16-21-15-43-18(2)36-21)28(17)42-29-24(4-3-10-34-29)26-9-11-35-30(38-26)37-20-12-19(31)13-33-14-20/h3-11,15,19-20,33,39H,12-14,16H2,1-2H3,(H,35,37,38)/t19-,20-/m0/s1. The molecule has 44 heavy (non-hydrogen) atoms. The van der Waals surface area contributed by atoms with E-state index in [1.165, 1.54) is 17.4 Å². The van der Waals surface area contributed by atoms with Crippen molar-refractivity contribution in [3.05, 3.63) is 82.3 Å². The number of sulfonamides is 1. The van der Waals surface area contributed by atoms with Crippen molar-refractivity contribution < 1.29 is 21.9 Å². The Labute approximate surface area is 257 Å². The van der Waals surface area contributed by atoms with Gasteiger partial charge >= 0.3 is 0 Å². The van der Waals surface area contributed by atoms with Gasteiger partial charge in [-0.1, -0.05) is 12.1 Å². The summed E-state index contributed by atoms with van der Waals surface area (Å²) < 4.78 is 63.8. The van der Waals surface area contributed by atoms with E-state index in [4.69, 9.17) is 4.74 Å². The third-order valence-electron chi connectivity index (χ3n) is 7.09. The molecule has 2 atom stereocenters. The van der Waals surface area contributed by atoms with Crippen LogP contribution in [-0.2, 0) is 15.8 Å². The van der Waals surface area contributed by atoms with E-state index in [1.807, 2.05) is 6.92 Å². The lowest BCUT2D eigenvalue weighted by atomic mass is 10.0. The summed E-state index contributed by atoms with van der Waals surface area (Å²) in [6, 6.07) is 11.2. The third-order valence-corrected chi connectivity index (χ3v) is 9.10. The number of nitrogens with zero attached hydrogens (tertiary/aromatic N) is 4. The molecule has 4 heterocycles. The zero-order valence-electron chi connectivity index (χ0n) is 23.8. The van der Waals surface area contributed by atoms with Crippen molar-refractivity contribution in [1.82, 2.24) is 25.3 Å². The molecule has 0 amide bonds. The number of halogens is 2. The number of hydrogen-bond donors (Lipinski definition) is 3. The summed E-state index contributed by atoms with van der Waals surface area (Å²) in [5, 5.41) is 9.45. The van der Waals surface area contributed by atoms with Gasteiger partial charge in [0.05, 0.1) is 27.6 Å². The minimum Gasteiger partial charge on any atom is -0.437 e. The van der Waals surface area contributed by atoms with Gasteiger partial charge in [0.15, 0.2) is 0 Å². The smallest absolute Gasteiger partial charge is 0.238 e. The maximum Gasteiger partial charge on any atom is 0.238 e. The first-order chi connectivity index (χ1) is 21.1. The van der Waals surface area contributed by atoms with Crippen molar-refractivity contribution in [3.63, 3.8) is 0 Å². The molecule has 1 saturated heterocycles. The Hall–Kier alpha value is -4.27. The minimum absolute atomic E-state index is 0.158. The van der Waals surface area contributed by atoms with Gasteiger partial charge in [0.25, 0.3) is 0 Å². The lowest BCUT2D eigenvalue weighted by Crippen LogP contribution is -2.44. The summed E-state index contributed by atoms with van der Waals surface area (Å²) >= 11 is 1.34. The van der Waals surface area contributed by atoms with Crippen LogP contribution in [0.25, 0.3) is 22.0 Å². The van der Waals surface area contributed by atoms with Crippen molar-refractivity contribution >= 4 is 43.8 Å². The molecule has 0 radical (unpaired) electrons. The van der Waals surface area contributed by atoms with Crippen molar-refractivity contribution in [1.29, 1.82) is 0 Å². The van der Waals surface area contributed by atoms with Crippen LogP contribution in [-0.4, -0.2) is 53.7 Å². The Morgan fingerprint density at radius 1 is 1.05 bits per heavy atom. The number of pyridine rings is 1. The van der Waals surface area contributed by atoms with Gasteiger partial charge in [0.1, 0.15) is 23.5 Å². The van der Waals surface area contributed by atoms with Gasteiger partial charge in [0.2, 0.25) is 21.9 Å². The molecule has 0 bridgehead atoms. The summed E-state index contributed by atoms with van der Waals surface area (Å²) in [5.74, 6) is -0.146. The van der Waals surface area contributed by atoms with E-state index < -0.39 is 22.0 Å². The number of rotatable bonds is 9. The van der Waals surface area contributed by atoms with Crippen molar-refractivity contribution in [2.75, 3.05) is 23.1 Å². The molecule has 1 aliphatic heterocycles. The number of aromatic nitrogens is 4. The van der Waals surface area contributed by atoms with Crippen LogP contribution in [0.2, 0.25) is 0 Å². The van der Waals surface area contributed by atoms with Crippen LogP contribution in [0, 0.1) is 19.7 Å². The molecule has 1 fully saturated rings. The van der Waals surface area contributed by atoms with Gasteiger partial charge in [0, 0.05) is 54.1 Å². The first-order valence-electron chi connectivity index (χ1n) is 13.9. The number of fused-ring (bicyclic) bond motifs is 1. The Morgan fingerprint density at radius 2 is 1.89 bits per heavy atom. The first kappa shape index (κ1) is 29.8. The highest BCUT2D eigenvalue weighted by Gasteiger charge is 2.23. The monoisotopic (exact) mass is 637 g/mol. The number of nitrogens with one attached hydrogen (secondary N) is 3. The SMILES string of the molecule is Cc1nc(CS(=O)(=O)Nc2c(F)ccc3c(Oc4ncccc4-c4ccnc(N[C@@H]5CNC[C@@H](F)C5)n4)c(C)ccc23)cs1. The van der Waals surface area contributed by atoms with Crippen LogP contribution in [0.1, 0.15) is 22.7 Å². The van der Waals surface area contributed by atoms with E-state index >= 15 is 4.39 Å². The molecule has 14 heteroatoms. The highest BCUT2D eigenvalue weighted by Crippen LogP contribution is 2.40. The number of anilines is 2. The predicted octanol–water partition coefficient (Wildman–Crippen LogP) is 5.75. The zero-order valence-corrected chi connectivity index (χ0v) is 25.5. The second-order valence-electron chi connectivity index (χ2n) is 10.5. The summed E-state index contributed by atoms with van der Waals surface area (Å²) in [7, 11) is -3.97. The molecular formula is C30H29F2N7O3S2.